The summed E-state index contributed by atoms with van der Waals surface area (Å²) in [6, 6.07) is 16.5. The predicted octanol–water partition coefficient (Wildman–Crippen LogP) is 4.14. The van der Waals surface area contributed by atoms with Crippen LogP contribution in [0.15, 0.2) is 53.6 Å². The molecule has 1 saturated heterocycles. The van der Waals surface area contributed by atoms with Crippen LogP contribution < -0.4 is 4.74 Å². The summed E-state index contributed by atoms with van der Waals surface area (Å²) in [6.45, 7) is 6.56. The number of fused-ring (bicyclic) bond motifs is 4. The lowest BCUT2D eigenvalue weighted by atomic mass is 9.90. The fourth-order valence-corrected chi connectivity index (χ4v) is 4.78. The van der Waals surface area contributed by atoms with Crippen LogP contribution in [0.3, 0.4) is 0 Å². The number of rotatable bonds is 2. The average Bonchev–Trinajstić information content (AvgIpc) is 3.16. The molecule has 5 rings (SSSR count). The van der Waals surface area contributed by atoms with Gasteiger partial charge in [0, 0.05) is 44.0 Å². The highest BCUT2D eigenvalue weighted by Gasteiger charge is 2.51. The van der Waals surface area contributed by atoms with Gasteiger partial charge in [-0.1, -0.05) is 18.2 Å². The van der Waals surface area contributed by atoms with Gasteiger partial charge in [0.15, 0.2) is 0 Å². The van der Waals surface area contributed by atoms with Crippen LogP contribution in [0.5, 0.6) is 11.5 Å². The molecule has 3 aliphatic rings. The van der Waals surface area contributed by atoms with E-state index in [2.05, 4.69) is 48.0 Å². The Morgan fingerprint density at radius 1 is 1.07 bits per heavy atom. The number of phenolic OH excluding ortho intramolecular Hbond substituents is 1. The van der Waals surface area contributed by atoms with Crippen LogP contribution >= 0.6 is 0 Å². The van der Waals surface area contributed by atoms with Crippen molar-refractivity contribution in [1.29, 1.82) is 0 Å². The predicted molar refractivity (Wildman–Crippen MR) is 110 cm³/mol. The summed E-state index contributed by atoms with van der Waals surface area (Å²) in [5, 5.41) is 17.0. The molecule has 1 atom stereocenters. The summed E-state index contributed by atoms with van der Waals surface area (Å²) in [5.74, 6) is 1.29. The standard InChI is InChI=1S/C23H27N3O2/c1-16(2)25-13-11-23(12-14-25)26-21(19-5-3-4-6-22(19)28-23)15-20(24-26)17-7-9-18(27)10-8-17/h3-10,16,21,27H,11-15H2,1-2H3/t21-/m1/s1. The Morgan fingerprint density at radius 2 is 1.79 bits per heavy atom. The van der Waals surface area contributed by atoms with E-state index in [1.54, 1.807) is 12.1 Å². The Morgan fingerprint density at radius 3 is 2.50 bits per heavy atom. The number of ether oxygens (including phenoxy) is 1. The van der Waals surface area contributed by atoms with E-state index in [1.807, 2.05) is 12.1 Å². The highest BCUT2D eigenvalue weighted by Crippen LogP contribution is 2.50. The largest absolute Gasteiger partial charge is 0.508 e. The fraction of sp³-hybridized carbons (Fsp3) is 0.435. The maximum absolute atomic E-state index is 9.63. The van der Waals surface area contributed by atoms with Crippen molar-refractivity contribution in [3.05, 3.63) is 59.7 Å². The van der Waals surface area contributed by atoms with Gasteiger partial charge in [-0.15, -0.1) is 0 Å². The molecule has 0 aliphatic carbocycles. The van der Waals surface area contributed by atoms with Gasteiger partial charge in [0.2, 0.25) is 5.72 Å². The van der Waals surface area contributed by atoms with Gasteiger partial charge in [0.05, 0.1) is 11.8 Å². The Labute approximate surface area is 166 Å². The highest BCUT2D eigenvalue weighted by atomic mass is 16.5. The Bertz CT molecular complexity index is 898. The number of likely N-dealkylation sites (tertiary alicyclic amines) is 1. The van der Waals surface area contributed by atoms with E-state index in [-0.39, 0.29) is 17.5 Å². The van der Waals surface area contributed by atoms with E-state index >= 15 is 0 Å². The molecule has 28 heavy (non-hydrogen) atoms. The summed E-state index contributed by atoms with van der Waals surface area (Å²) < 4.78 is 6.66. The molecule has 2 aromatic carbocycles. The van der Waals surface area contributed by atoms with Crippen LogP contribution in [0.4, 0.5) is 0 Å². The normalized spacial score (nSPS) is 23.3. The van der Waals surface area contributed by atoms with Crippen molar-refractivity contribution >= 4 is 5.71 Å². The Kier molecular flexibility index (Phi) is 4.09. The van der Waals surface area contributed by atoms with Gasteiger partial charge >= 0.3 is 0 Å². The lowest BCUT2D eigenvalue weighted by Gasteiger charge is -2.51. The molecule has 0 saturated carbocycles. The summed E-state index contributed by atoms with van der Waals surface area (Å²) in [4.78, 5) is 2.52. The third-order valence-corrected chi connectivity index (χ3v) is 6.42. The van der Waals surface area contributed by atoms with E-state index < -0.39 is 0 Å². The maximum atomic E-state index is 9.63. The number of hydrazone groups is 1. The minimum absolute atomic E-state index is 0.208. The van der Waals surface area contributed by atoms with E-state index in [0.29, 0.717) is 6.04 Å². The number of piperidine rings is 1. The minimum atomic E-state index is -0.372. The molecule has 146 valence electrons. The van der Waals surface area contributed by atoms with Crippen LogP contribution in [0, 0.1) is 0 Å². The molecule has 0 unspecified atom stereocenters. The molecule has 0 bridgehead atoms. The van der Waals surface area contributed by atoms with E-state index in [0.717, 1.165) is 49.4 Å². The van der Waals surface area contributed by atoms with Crippen LogP contribution in [0.2, 0.25) is 0 Å². The molecule has 0 aromatic heterocycles. The first-order valence-electron chi connectivity index (χ1n) is 10.2. The zero-order valence-electron chi connectivity index (χ0n) is 16.5. The minimum Gasteiger partial charge on any atom is -0.508 e. The van der Waals surface area contributed by atoms with Crippen molar-refractivity contribution in [2.24, 2.45) is 5.10 Å². The third kappa shape index (κ3) is 2.76. The SMILES string of the molecule is CC(C)N1CCC2(CC1)Oc1ccccc1[C@H]1CC(c3ccc(O)cc3)=NN12. The number of benzene rings is 2. The molecule has 0 radical (unpaired) electrons. The number of aromatic hydroxyl groups is 1. The van der Waals surface area contributed by atoms with Crippen molar-refractivity contribution in [3.63, 3.8) is 0 Å². The van der Waals surface area contributed by atoms with Crippen LogP contribution in [0.25, 0.3) is 0 Å². The molecule has 0 amide bonds. The zero-order chi connectivity index (χ0) is 19.3. The second kappa shape index (κ2) is 6.52. The first kappa shape index (κ1) is 17.6. The topological polar surface area (TPSA) is 48.3 Å². The van der Waals surface area contributed by atoms with Gasteiger partial charge < -0.3 is 14.7 Å². The Hall–Kier alpha value is -2.53. The summed E-state index contributed by atoms with van der Waals surface area (Å²) in [6.07, 6.45) is 2.76. The zero-order valence-corrected chi connectivity index (χ0v) is 16.5. The first-order valence-corrected chi connectivity index (χ1v) is 10.2. The smallest absolute Gasteiger partial charge is 0.200 e. The Balaban J connectivity index is 1.53. The van der Waals surface area contributed by atoms with Crippen LogP contribution in [-0.4, -0.2) is 45.6 Å². The van der Waals surface area contributed by atoms with Gasteiger partial charge in [0.25, 0.3) is 0 Å². The molecule has 3 aliphatic heterocycles. The van der Waals surface area contributed by atoms with Gasteiger partial charge in [-0.3, -0.25) is 0 Å². The van der Waals surface area contributed by atoms with E-state index in [4.69, 9.17) is 9.84 Å². The molecule has 5 heteroatoms. The maximum Gasteiger partial charge on any atom is 0.200 e. The number of hydrogen-bond acceptors (Lipinski definition) is 5. The molecule has 2 aromatic rings. The average molecular weight is 377 g/mol. The second-order valence-corrected chi connectivity index (χ2v) is 8.37. The summed E-state index contributed by atoms with van der Waals surface area (Å²) in [5.41, 5.74) is 2.98. The number of nitrogens with zero attached hydrogens (tertiary/aromatic N) is 3. The monoisotopic (exact) mass is 377 g/mol. The van der Waals surface area contributed by atoms with E-state index in [1.165, 1.54) is 5.56 Å². The van der Waals surface area contributed by atoms with Crippen LogP contribution in [0.1, 0.15) is 50.3 Å². The molecule has 3 heterocycles. The number of para-hydroxylation sites is 1. The molecule has 1 fully saturated rings. The molecule has 1 spiro atoms. The number of phenols is 1. The first-order chi connectivity index (χ1) is 13.6. The van der Waals surface area contributed by atoms with Gasteiger partial charge in [-0.05, 0) is 49.7 Å². The van der Waals surface area contributed by atoms with E-state index in [9.17, 15) is 5.11 Å². The fourth-order valence-electron chi connectivity index (χ4n) is 4.78. The van der Waals surface area contributed by atoms with Crippen molar-refractivity contribution in [2.75, 3.05) is 13.1 Å². The highest BCUT2D eigenvalue weighted by molar-refractivity contribution is 6.02. The summed E-state index contributed by atoms with van der Waals surface area (Å²) in [7, 11) is 0. The van der Waals surface area contributed by atoms with Crippen molar-refractivity contribution in [2.45, 2.75) is 50.9 Å². The molecule has 1 N–H and O–H groups in total. The molecular formula is C23H27N3O2. The quantitative estimate of drug-likeness (QED) is 0.855. The van der Waals surface area contributed by atoms with Crippen molar-refractivity contribution in [1.82, 2.24) is 9.91 Å². The van der Waals surface area contributed by atoms with Crippen LogP contribution in [-0.2, 0) is 0 Å². The van der Waals surface area contributed by atoms with Gasteiger partial charge in [-0.25, -0.2) is 5.01 Å². The van der Waals surface area contributed by atoms with Gasteiger partial charge in [0.1, 0.15) is 11.5 Å². The van der Waals surface area contributed by atoms with Crippen molar-refractivity contribution < 1.29 is 9.84 Å². The molecular weight excluding hydrogens is 350 g/mol. The lowest BCUT2D eigenvalue weighted by molar-refractivity contribution is -0.152. The number of hydrogen-bond donors (Lipinski definition) is 1. The summed E-state index contributed by atoms with van der Waals surface area (Å²) >= 11 is 0. The molecule has 5 nitrogen and oxygen atoms in total. The lowest BCUT2D eigenvalue weighted by Crippen LogP contribution is -2.59. The van der Waals surface area contributed by atoms with Gasteiger partial charge in [-0.2, -0.15) is 5.10 Å². The second-order valence-electron chi connectivity index (χ2n) is 8.37. The van der Waals surface area contributed by atoms with Crippen molar-refractivity contribution in [3.8, 4) is 11.5 Å². The third-order valence-electron chi connectivity index (χ3n) is 6.42.